The van der Waals surface area contributed by atoms with E-state index >= 15 is 0 Å². The van der Waals surface area contributed by atoms with E-state index < -0.39 is 17.0 Å². The number of likely N-dealkylation sites (N-methyl/N-ethyl adjacent to an activating group) is 1. The minimum Gasteiger partial charge on any atom is -0.384 e. The quantitative estimate of drug-likeness (QED) is 0.626. The Labute approximate surface area is 141 Å². The van der Waals surface area contributed by atoms with Crippen molar-refractivity contribution in [2.45, 2.75) is 40.3 Å². The minimum absolute atomic E-state index is 0.0750. The second-order valence-corrected chi connectivity index (χ2v) is 6.13. The fourth-order valence-corrected chi connectivity index (χ4v) is 2.49. The third kappa shape index (κ3) is 4.55. The molecule has 136 valence electrons. The van der Waals surface area contributed by atoms with E-state index in [2.05, 4.69) is 18.8 Å². The van der Waals surface area contributed by atoms with Gasteiger partial charge in [0.2, 0.25) is 0 Å². The smallest absolute Gasteiger partial charge is 0.330 e. The fraction of sp³-hybridized carbons (Fsp3) is 0.688. The van der Waals surface area contributed by atoms with E-state index in [0.717, 1.165) is 4.57 Å². The molecule has 1 rings (SSSR count). The maximum absolute atomic E-state index is 12.6. The van der Waals surface area contributed by atoms with Gasteiger partial charge in [0.05, 0.1) is 19.7 Å². The third-order valence-corrected chi connectivity index (χ3v) is 4.33. The van der Waals surface area contributed by atoms with Gasteiger partial charge in [-0.1, -0.05) is 20.8 Å². The van der Waals surface area contributed by atoms with E-state index in [9.17, 15) is 14.4 Å². The molecule has 0 saturated carbocycles. The summed E-state index contributed by atoms with van der Waals surface area (Å²) in [4.78, 5) is 40.7. The zero-order chi connectivity index (χ0) is 18.4. The van der Waals surface area contributed by atoms with Gasteiger partial charge < -0.3 is 10.5 Å². The number of ether oxygens (including phenoxy) is 1. The van der Waals surface area contributed by atoms with Crippen LogP contribution in [0.15, 0.2) is 9.59 Å². The molecule has 0 amide bonds. The molecule has 0 aliphatic rings. The zero-order valence-corrected chi connectivity index (χ0v) is 15.1. The number of anilines is 1. The van der Waals surface area contributed by atoms with Crippen LogP contribution in [-0.2, 0) is 11.3 Å². The predicted octanol–water partition coefficient (Wildman–Crippen LogP) is 0.314. The molecule has 1 aromatic heterocycles. The Morgan fingerprint density at radius 1 is 1.33 bits per heavy atom. The second kappa shape index (κ2) is 8.79. The molecule has 0 saturated heterocycles. The molecule has 0 fully saturated rings. The summed E-state index contributed by atoms with van der Waals surface area (Å²) in [6.07, 6.45) is 0. The van der Waals surface area contributed by atoms with Crippen LogP contribution in [0.4, 0.5) is 5.82 Å². The van der Waals surface area contributed by atoms with Gasteiger partial charge in [0, 0.05) is 13.2 Å². The number of ketones is 1. The lowest BCUT2D eigenvalue weighted by molar-refractivity contribution is 0.0877. The molecule has 1 aromatic rings. The monoisotopic (exact) mass is 340 g/mol. The highest BCUT2D eigenvalue weighted by molar-refractivity contribution is 6.01. The number of carbonyl (C=O) groups excluding carboxylic acids is 1. The number of aromatic nitrogens is 2. The van der Waals surface area contributed by atoms with Gasteiger partial charge in [0.25, 0.3) is 5.56 Å². The third-order valence-electron chi connectivity index (χ3n) is 4.33. The van der Waals surface area contributed by atoms with Gasteiger partial charge in [-0.15, -0.1) is 0 Å². The van der Waals surface area contributed by atoms with Crippen molar-refractivity contribution in [1.29, 1.82) is 0 Å². The number of aromatic amines is 1. The molecule has 0 aliphatic heterocycles. The molecule has 1 unspecified atom stereocenters. The zero-order valence-electron chi connectivity index (χ0n) is 15.1. The summed E-state index contributed by atoms with van der Waals surface area (Å²) >= 11 is 0. The largest absolute Gasteiger partial charge is 0.384 e. The van der Waals surface area contributed by atoms with Crippen molar-refractivity contribution in [3.63, 3.8) is 0 Å². The first-order valence-corrected chi connectivity index (χ1v) is 8.13. The number of carbonyl (C=O) groups is 1. The molecule has 24 heavy (non-hydrogen) atoms. The summed E-state index contributed by atoms with van der Waals surface area (Å²) in [5.41, 5.74) is 4.37. The summed E-state index contributed by atoms with van der Waals surface area (Å²) in [6.45, 7) is 9.30. The SMILES string of the molecule is CCN(CC(=O)c1c(N)n(CCOC)c(=O)[nH]c1=O)C(C)C(C)C. The summed E-state index contributed by atoms with van der Waals surface area (Å²) in [7, 11) is 1.49. The second-order valence-electron chi connectivity index (χ2n) is 6.13. The molecule has 0 spiro atoms. The van der Waals surface area contributed by atoms with Crippen molar-refractivity contribution in [3.05, 3.63) is 26.4 Å². The molecular weight excluding hydrogens is 312 g/mol. The number of rotatable bonds is 9. The van der Waals surface area contributed by atoms with Crippen molar-refractivity contribution in [1.82, 2.24) is 14.5 Å². The number of nitrogen functional groups attached to an aromatic ring is 1. The van der Waals surface area contributed by atoms with Crippen LogP contribution in [0.25, 0.3) is 0 Å². The normalized spacial score (nSPS) is 12.8. The maximum atomic E-state index is 12.6. The number of hydrogen-bond donors (Lipinski definition) is 2. The maximum Gasteiger partial charge on any atom is 0.330 e. The Morgan fingerprint density at radius 3 is 2.46 bits per heavy atom. The summed E-state index contributed by atoms with van der Waals surface area (Å²) in [5.74, 6) is -0.141. The average molecular weight is 340 g/mol. The molecule has 0 aliphatic carbocycles. The molecule has 1 heterocycles. The van der Waals surface area contributed by atoms with Crippen LogP contribution in [0, 0.1) is 5.92 Å². The van der Waals surface area contributed by atoms with Crippen molar-refractivity contribution in [2.75, 3.05) is 32.5 Å². The number of nitrogens with zero attached hydrogens (tertiary/aromatic N) is 2. The first-order valence-electron chi connectivity index (χ1n) is 8.13. The Kier molecular flexibility index (Phi) is 7.37. The molecule has 0 radical (unpaired) electrons. The number of Topliss-reactive ketones (excluding diaryl/α,β-unsaturated/α-hetero) is 1. The first kappa shape index (κ1) is 20.1. The molecule has 8 nitrogen and oxygen atoms in total. The topological polar surface area (TPSA) is 110 Å². The van der Waals surface area contributed by atoms with Gasteiger partial charge in [-0.2, -0.15) is 0 Å². The number of hydrogen-bond acceptors (Lipinski definition) is 6. The first-order chi connectivity index (χ1) is 11.2. The van der Waals surface area contributed by atoms with E-state index in [4.69, 9.17) is 10.5 Å². The van der Waals surface area contributed by atoms with E-state index in [-0.39, 0.29) is 37.1 Å². The Hall–Kier alpha value is -1.93. The molecule has 1 atom stereocenters. The Bertz CT molecular complexity index is 678. The molecular formula is C16H28N4O4. The highest BCUT2D eigenvalue weighted by Gasteiger charge is 2.24. The van der Waals surface area contributed by atoms with Crippen LogP contribution < -0.4 is 17.0 Å². The predicted molar refractivity (Wildman–Crippen MR) is 93.5 cm³/mol. The number of methoxy groups -OCH3 is 1. The summed E-state index contributed by atoms with van der Waals surface area (Å²) < 4.78 is 6.08. The minimum atomic E-state index is -0.746. The van der Waals surface area contributed by atoms with Crippen molar-refractivity contribution in [2.24, 2.45) is 5.92 Å². The van der Waals surface area contributed by atoms with Crippen LogP contribution in [0.2, 0.25) is 0 Å². The molecule has 3 N–H and O–H groups in total. The van der Waals surface area contributed by atoms with Crippen LogP contribution in [0.1, 0.15) is 38.1 Å². The van der Waals surface area contributed by atoms with Crippen molar-refractivity contribution in [3.8, 4) is 0 Å². The van der Waals surface area contributed by atoms with Gasteiger partial charge in [-0.3, -0.25) is 24.0 Å². The lowest BCUT2D eigenvalue weighted by Gasteiger charge is -2.30. The number of nitrogens with two attached hydrogens (primary N) is 1. The van der Waals surface area contributed by atoms with Gasteiger partial charge >= 0.3 is 5.69 Å². The van der Waals surface area contributed by atoms with Crippen LogP contribution >= 0.6 is 0 Å². The molecule has 0 aromatic carbocycles. The van der Waals surface area contributed by atoms with Gasteiger partial charge in [0.15, 0.2) is 5.78 Å². The van der Waals surface area contributed by atoms with Gasteiger partial charge in [-0.05, 0) is 19.4 Å². The number of nitrogens with one attached hydrogen (secondary N) is 1. The van der Waals surface area contributed by atoms with E-state index in [1.165, 1.54) is 7.11 Å². The Balaban J connectivity index is 3.18. The fourth-order valence-electron chi connectivity index (χ4n) is 2.49. The summed E-state index contributed by atoms with van der Waals surface area (Å²) in [6, 6.07) is 0.179. The van der Waals surface area contributed by atoms with Gasteiger partial charge in [-0.25, -0.2) is 4.79 Å². The van der Waals surface area contributed by atoms with Crippen LogP contribution in [0.5, 0.6) is 0 Å². The van der Waals surface area contributed by atoms with E-state index in [1.54, 1.807) is 0 Å². The van der Waals surface area contributed by atoms with E-state index in [0.29, 0.717) is 12.5 Å². The lowest BCUT2D eigenvalue weighted by Crippen LogP contribution is -2.43. The highest BCUT2D eigenvalue weighted by atomic mass is 16.5. The number of H-pyrrole nitrogens is 1. The van der Waals surface area contributed by atoms with Crippen LogP contribution in [-0.4, -0.2) is 53.1 Å². The van der Waals surface area contributed by atoms with E-state index in [1.807, 2.05) is 18.7 Å². The lowest BCUT2D eigenvalue weighted by atomic mass is 10.0. The summed E-state index contributed by atoms with van der Waals surface area (Å²) in [5, 5.41) is 0. The van der Waals surface area contributed by atoms with Crippen molar-refractivity contribution >= 4 is 11.6 Å². The molecule has 8 heteroatoms. The van der Waals surface area contributed by atoms with Gasteiger partial charge in [0.1, 0.15) is 11.4 Å². The molecule has 0 bridgehead atoms. The average Bonchev–Trinajstić information content (AvgIpc) is 2.51. The van der Waals surface area contributed by atoms with Crippen molar-refractivity contribution < 1.29 is 9.53 Å². The Morgan fingerprint density at radius 2 is 1.96 bits per heavy atom. The standard InChI is InChI=1S/C16H28N4O4/c1-6-19(11(4)10(2)3)9-12(21)13-14(17)20(7-8-24-5)16(23)18-15(13)22/h10-11H,6-9,17H2,1-5H3,(H,18,22,23). The van der Waals surface area contributed by atoms with Crippen LogP contribution in [0.3, 0.4) is 0 Å². The highest BCUT2D eigenvalue weighted by Crippen LogP contribution is 2.12.